The van der Waals surface area contributed by atoms with Gasteiger partial charge in [-0.2, -0.15) is 0 Å². The number of aliphatic hydroxyl groups excluding tert-OH is 1. The average molecular weight is 242 g/mol. The van der Waals surface area contributed by atoms with Crippen LogP contribution in [0.3, 0.4) is 0 Å². The molecule has 2 N–H and O–H groups in total. The monoisotopic (exact) mass is 242 g/mol. The van der Waals surface area contributed by atoms with Crippen molar-refractivity contribution in [1.29, 1.82) is 0 Å². The second-order valence-corrected chi connectivity index (χ2v) is 5.07. The van der Waals surface area contributed by atoms with Gasteiger partial charge in [-0.05, 0) is 42.5 Å². The molecule has 0 amide bonds. The summed E-state index contributed by atoms with van der Waals surface area (Å²) in [6.07, 6.45) is 4.01. The Hall–Kier alpha value is -1.45. The molecule has 1 aliphatic rings. The second kappa shape index (κ2) is 5.04. The molecular formula is C15H18N2O. The van der Waals surface area contributed by atoms with Crippen molar-refractivity contribution in [1.82, 2.24) is 10.3 Å². The summed E-state index contributed by atoms with van der Waals surface area (Å²) in [7, 11) is 0. The first-order valence-electron chi connectivity index (χ1n) is 6.55. The molecule has 2 aromatic rings. The molecule has 0 aliphatic heterocycles. The summed E-state index contributed by atoms with van der Waals surface area (Å²) >= 11 is 0. The van der Waals surface area contributed by atoms with Gasteiger partial charge in [-0.1, -0.05) is 12.1 Å². The van der Waals surface area contributed by atoms with Crippen LogP contribution in [0.15, 0.2) is 36.5 Å². The summed E-state index contributed by atoms with van der Waals surface area (Å²) in [4.78, 5) is 4.30. The first kappa shape index (κ1) is 11.6. The molecule has 0 spiro atoms. The van der Waals surface area contributed by atoms with Crippen LogP contribution in [0.4, 0.5) is 0 Å². The van der Waals surface area contributed by atoms with Crippen molar-refractivity contribution in [3.63, 3.8) is 0 Å². The van der Waals surface area contributed by atoms with E-state index in [0.29, 0.717) is 12.5 Å². The predicted molar refractivity (Wildman–Crippen MR) is 72.2 cm³/mol. The van der Waals surface area contributed by atoms with Crippen LogP contribution in [-0.4, -0.2) is 22.7 Å². The maximum Gasteiger partial charge on any atom is 0.0702 e. The molecule has 1 atom stereocenters. The molecule has 1 unspecified atom stereocenters. The molecule has 18 heavy (non-hydrogen) atoms. The topological polar surface area (TPSA) is 45.1 Å². The van der Waals surface area contributed by atoms with Crippen molar-refractivity contribution in [2.45, 2.75) is 25.5 Å². The number of nitrogens with zero attached hydrogens (tertiary/aromatic N) is 1. The van der Waals surface area contributed by atoms with Crippen LogP contribution < -0.4 is 5.32 Å². The molecule has 94 valence electrons. The Morgan fingerprint density at radius 3 is 3.06 bits per heavy atom. The number of nitrogens with one attached hydrogen (secondary N) is 1. The van der Waals surface area contributed by atoms with E-state index in [9.17, 15) is 5.11 Å². The van der Waals surface area contributed by atoms with E-state index in [0.717, 1.165) is 12.1 Å². The van der Waals surface area contributed by atoms with Gasteiger partial charge in [0.25, 0.3) is 0 Å². The summed E-state index contributed by atoms with van der Waals surface area (Å²) in [6.45, 7) is 1.49. The Kier molecular flexibility index (Phi) is 3.26. The number of fused-ring (bicyclic) bond motifs is 1. The molecule has 3 nitrogen and oxygen atoms in total. The Balaban J connectivity index is 1.60. The maximum atomic E-state index is 9.77. The summed E-state index contributed by atoms with van der Waals surface area (Å²) in [5.41, 5.74) is 2.26. The highest BCUT2D eigenvalue weighted by Crippen LogP contribution is 2.32. The van der Waals surface area contributed by atoms with Crippen LogP contribution in [0.5, 0.6) is 0 Å². The number of aliphatic hydroxyl groups is 1. The number of rotatable bonds is 5. The van der Waals surface area contributed by atoms with Gasteiger partial charge in [-0.15, -0.1) is 0 Å². The van der Waals surface area contributed by atoms with Crippen molar-refractivity contribution in [3.05, 3.63) is 42.1 Å². The van der Waals surface area contributed by atoms with Gasteiger partial charge in [0, 0.05) is 24.7 Å². The van der Waals surface area contributed by atoms with Crippen molar-refractivity contribution in [3.8, 4) is 0 Å². The Bertz CT molecular complexity index is 537. The zero-order chi connectivity index (χ0) is 12.4. The number of benzene rings is 1. The van der Waals surface area contributed by atoms with Crippen molar-refractivity contribution in [2.75, 3.05) is 6.54 Å². The molecule has 1 fully saturated rings. The fourth-order valence-corrected chi connectivity index (χ4v) is 2.25. The van der Waals surface area contributed by atoms with Gasteiger partial charge in [0.05, 0.1) is 11.6 Å². The third-order valence-electron chi connectivity index (χ3n) is 3.52. The summed E-state index contributed by atoms with van der Waals surface area (Å²) in [5.74, 6) is 0.540. The highest BCUT2D eigenvalue weighted by Gasteiger charge is 2.28. The molecule has 1 aromatic carbocycles. The van der Waals surface area contributed by atoms with Gasteiger partial charge in [-0.3, -0.25) is 4.98 Å². The molecular weight excluding hydrogens is 224 g/mol. The third kappa shape index (κ3) is 2.68. The SMILES string of the molecule is OC(CNCc1ccc2ncccc2c1)C1CC1. The first-order valence-corrected chi connectivity index (χ1v) is 6.55. The smallest absolute Gasteiger partial charge is 0.0702 e. The third-order valence-corrected chi connectivity index (χ3v) is 3.52. The van der Waals surface area contributed by atoms with Crippen molar-refractivity contribution >= 4 is 10.9 Å². The lowest BCUT2D eigenvalue weighted by Gasteiger charge is -2.10. The van der Waals surface area contributed by atoms with E-state index < -0.39 is 0 Å². The molecule has 1 aromatic heterocycles. The minimum atomic E-state index is -0.174. The van der Waals surface area contributed by atoms with Crippen LogP contribution in [0.25, 0.3) is 10.9 Å². The largest absolute Gasteiger partial charge is 0.392 e. The Morgan fingerprint density at radius 2 is 2.22 bits per heavy atom. The number of pyridine rings is 1. The number of hydrogen-bond donors (Lipinski definition) is 2. The quantitative estimate of drug-likeness (QED) is 0.844. The summed E-state index contributed by atoms with van der Waals surface area (Å²) in [5, 5.41) is 14.2. The average Bonchev–Trinajstić information content (AvgIpc) is 3.23. The van der Waals surface area contributed by atoms with Crippen LogP contribution in [0, 0.1) is 5.92 Å². The molecule has 1 saturated carbocycles. The number of aromatic nitrogens is 1. The van der Waals surface area contributed by atoms with Crippen LogP contribution in [0.2, 0.25) is 0 Å². The van der Waals surface area contributed by atoms with E-state index in [-0.39, 0.29) is 6.10 Å². The van der Waals surface area contributed by atoms with Crippen LogP contribution in [-0.2, 0) is 6.54 Å². The predicted octanol–water partition coefficient (Wildman–Crippen LogP) is 2.10. The highest BCUT2D eigenvalue weighted by molar-refractivity contribution is 5.78. The zero-order valence-corrected chi connectivity index (χ0v) is 10.3. The molecule has 0 bridgehead atoms. The van der Waals surface area contributed by atoms with Gasteiger partial charge in [0.15, 0.2) is 0 Å². The lowest BCUT2D eigenvalue weighted by Crippen LogP contribution is -2.27. The molecule has 3 heteroatoms. The highest BCUT2D eigenvalue weighted by atomic mass is 16.3. The van der Waals surface area contributed by atoms with Crippen LogP contribution in [0.1, 0.15) is 18.4 Å². The van der Waals surface area contributed by atoms with Crippen molar-refractivity contribution in [2.24, 2.45) is 5.92 Å². The Labute approximate surface area is 107 Å². The zero-order valence-electron chi connectivity index (χ0n) is 10.3. The number of hydrogen-bond acceptors (Lipinski definition) is 3. The fourth-order valence-electron chi connectivity index (χ4n) is 2.25. The van der Waals surface area contributed by atoms with Gasteiger partial charge >= 0.3 is 0 Å². The minimum absolute atomic E-state index is 0.174. The molecule has 0 saturated heterocycles. The van der Waals surface area contributed by atoms with E-state index in [1.807, 2.05) is 18.3 Å². The lowest BCUT2D eigenvalue weighted by atomic mass is 10.1. The van der Waals surface area contributed by atoms with E-state index in [1.165, 1.54) is 23.8 Å². The standard InChI is InChI=1S/C15H18N2O/c18-15(12-4-5-12)10-16-9-11-3-6-14-13(8-11)2-1-7-17-14/h1-3,6-8,12,15-16,18H,4-5,9-10H2. The van der Waals surface area contributed by atoms with Gasteiger partial charge in [0.2, 0.25) is 0 Å². The van der Waals surface area contributed by atoms with Crippen molar-refractivity contribution < 1.29 is 5.11 Å². The van der Waals surface area contributed by atoms with Gasteiger partial charge < -0.3 is 10.4 Å². The normalized spacial score (nSPS) is 16.9. The van der Waals surface area contributed by atoms with Crippen LogP contribution >= 0.6 is 0 Å². The van der Waals surface area contributed by atoms with Gasteiger partial charge in [0.1, 0.15) is 0 Å². The summed E-state index contributed by atoms with van der Waals surface area (Å²) < 4.78 is 0. The van der Waals surface area contributed by atoms with E-state index >= 15 is 0 Å². The summed E-state index contributed by atoms with van der Waals surface area (Å²) in [6, 6.07) is 10.3. The van der Waals surface area contributed by atoms with E-state index in [1.54, 1.807) is 0 Å². The lowest BCUT2D eigenvalue weighted by molar-refractivity contribution is 0.148. The van der Waals surface area contributed by atoms with E-state index in [4.69, 9.17) is 0 Å². The minimum Gasteiger partial charge on any atom is -0.392 e. The maximum absolute atomic E-state index is 9.77. The first-order chi connectivity index (χ1) is 8.83. The second-order valence-electron chi connectivity index (χ2n) is 5.07. The molecule has 3 rings (SSSR count). The van der Waals surface area contributed by atoms with E-state index in [2.05, 4.69) is 28.5 Å². The molecule has 0 radical (unpaired) electrons. The Morgan fingerprint density at radius 1 is 1.33 bits per heavy atom. The fraction of sp³-hybridized carbons (Fsp3) is 0.400. The molecule has 1 heterocycles. The molecule has 1 aliphatic carbocycles. The van der Waals surface area contributed by atoms with Gasteiger partial charge in [-0.25, -0.2) is 0 Å².